The number of fused-ring (bicyclic) bond motifs is 1. The highest BCUT2D eigenvalue weighted by Crippen LogP contribution is 2.39. The van der Waals surface area contributed by atoms with Gasteiger partial charge in [-0.1, -0.05) is 42.5 Å². The molecule has 5 nitrogen and oxygen atoms in total. The summed E-state index contributed by atoms with van der Waals surface area (Å²) in [5.41, 5.74) is 3.05. The fourth-order valence-corrected chi connectivity index (χ4v) is 5.57. The molecule has 0 bridgehead atoms. The van der Waals surface area contributed by atoms with E-state index in [-0.39, 0.29) is 11.4 Å². The van der Waals surface area contributed by atoms with Gasteiger partial charge in [0.1, 0.15) is 4.88 Å². The molecule has 7 heteroatoms. The van der Waals surface area contributed by atoms with Gasteiger partial charge < -0.3 is 5.32 Å². The van der Waals surface area contributed by atoms with Crippen molar-refractivity contribution in [2.45, 2.75) is 13.5 Å². The highest BCUT2D eigenvalue weighted by Gasteiger charge is 2.41. The average Bonchev–Trinajstić information content (AvgIpc) is 3.15. The van der Waals surface area contributed by atoms with Crippen LogP contribution >= 0.6 is 11.3 Å². The molecule has 0 saturated heterocycles. The zero-order chi connectivity index (χ0) is 19.7. The van der Waals surface area contributed by atoms with E-state index in [9.17, 15) is 13.2 Å². The van der Waals surface area contributed by atoms with Crippen molar-refractivity contribution in [3.8, 4) is 0 Å². The van der Waals surface area contributed by atoms with Gasteiger partial charge in [0.2, 0.25) is 5.78 Å². The number of rotatable bonds is 4. The Morgan fingerprint density at radius 1 is 1.07 bits per heavy atom. The summed E-state index contributed by atoms with van der Waals surface area (Å²) >= 11 is 1.25. The highest BCUT2D eigenvalue weighted by molar-refractivity contribution is 7.97. The van der Waals surface area contributed by atoms with Crippen molar-refractivity contribution in [2.24, 2.45) is 0 Å². The second-order valence-electron chi connectivity index (χ2n) is 6.48. The van der Waals surface area contributed by atoms with E-state index in [4.69, 9.17) is 0 Å². The summed E-state index contributed by atoms with van der Waals surface area (Å²) in [6, 6.07) is 18.5. The average molecular weight is 411 g/mol. The zero-order valence-corrected chi connectivity index (χ0v) is 16.8. The van der Waals surface area contributed by atoms with Crippen LogP contribution < -0.4 is 9.62 Å². The molecule has 3 aromatic rings. The maximum atomic E-state index is 13.3. The molecule has 28 heavy (non-hydrogen) atoms. The molecule has 0 unspecified atom stereocenters. The SMILES string of the molecule is Cc1cccc(NC=C2C(=O)c3sccc3N(Cc3ccccc3)S2(=O)=O)c1. The zero-order valence-electron chi connectivity index (χ0n) is 15.1. The quantitative estimate of drug-likeness (QED) is 0.641. The van der Waals surface area contributed by atoms with E-state index in [1.165, 1.54) is 21.8 Å². The summed E-state index contributed by atoms with van der Waals surface area (Å²) in [6.45, 7) is 2.11. The number of hydrogen-bond donors (Lipinski definition) is 1. The molecule has 0 atom stereocenters. The molecular weight excluding hydrogens is 392 g/mol. The van der Waals surface area contributed by atoms with Gasteiger partial charge in [0.25, 0.3) is 10.0 Å². The minimum Gasteiger partial charge on any atom is -0.360 e. The van der Waals surface area contributed by atoms with Gasteiger partial charge >= 0.3 is 0 Å². The summed E-state index contributed by atoms with van der Waals surface area (Å²) in [6.07, 6.45) is 1.30. The minimum atomic E-state index is -3.99. The second kappa shape index (κ2) is 7.26. The van der Waals surface area contributed by atoms with E-state index >= 15 is 0 Å². The molecular formula is C21H18N2O3S2. The van der Waals surface area contributed by atoms with Crippen LogP contribution in [0.1, 0.15) is 20.8 Å². The van der Waals surface area contributed by atoms with Gasteiger partial charge in [-0.3, -0.25) is 9.10 Å². The molecule has 2 aromatic carbocycles. The maximum Gasteiger partial charge on any atom is 0.270 e. The molecule has 0 aliphatic carbocycles. The number of benzene rings is 2. The predicted molar refractivity (Wildman–Crippen MR) is 113 cm³/mol. The number of sulfonamides is 1. The molecule has 0 fully saturated rings. The Morgan fingerprint density at radius 3 is 2.61 bits per heavy atom. The molecule has 142 valence electrons. The smallest absolute Gasteiger partial charge is 0.270 e. The Labute approximate surface area is 168 Å². The van der Waals surface area contributed by atoms with Crippen LogP contribution in [-0.4, -0.2) is 14.2 Å². The number of carbonyl (C=O) groups is 1. The van der Waals surface area contributed by atoms with Crippen molar-refractivity contribution in [1.29, 1.82) is 0 Å². The van der Waals surface area contributed by atoms with Crippen LogP contribution in [0.15, 0.2) is 77.1 Å². The molecule has 0 spiro atoms. The van der Waals surface area contributed by atoms with Gasteiger partial charge in [-0.15, -0.1) is 11.3 Å². The largest absolute Gasteiger partial charge is 0.360 e. The lowest BCUT2D eigenvalue weighted by Gasteiger charge is -2.29. The molecule has 1 aromatic heterocycles. The fraction of sp³-hybridized carbons (Fsp3) is 0.0952. The van der Waals surface area contributed by atoms with Gasteiger partial charge in [0.05, 0.1) is 12.2 Å². The lowest BCUT2D eigenvalue weighted by Crippen LogP contribution is -2.38. The molecule has 1 aliphatic heterocycles. The first kappa shape index (κ1) is 18.5. The number of nitrogens with zero attached hydrogens (tertiary/aromatic N) is 1. The second-order valence-corrected chi connectivity index (χ2v) is 9.23. The fourth-order valence-electron chi connectivity index (χ4n) is 3.09. The Hall–Kier alpha value is -2.90. The standard InChI is InChI=1S/C21H18N2O3S2/c1-15-6-5-9-17(12-15)22-13-19-20(24)21-18(10-11-27-21)23(28(19,25)26)14-16-7-3-2-4-8-16/h2-13,22H,14H2,1H3. The van der Waals surface area contributed by atoms with Gasteiger partial charge in [-0.2, -0.15) is 0 Å². The van der Waals surface area contributed by atoms with Crippen molar-refractivity contribution in [3.05, 3.63) is 93.2 Å². The summed E-state index contributed by atoms with van der Waals surface area (Å²) in [4.78, 5) is 13.1. The normalized spacial score (nSPS) is 16.8. The number of nitrogens with one attached hydrogen (secondary N) is 1. The lowest BCUT2D eigenvalue weighted by atomic mass is 10.2. The van der Waals surface area contributed by atoms with Gasteiger partial charge in [-0.05, 0) is 41.6 Å². The molecule has 1 N–H and O–H groups in total. The van der Waals surface area contributed by atoms with Crippen molar-refractivity contribution in [2.75, 3.05) is 9.62 Å². The van der Waals surface area contributed by atoms with Crippen LogP contribution in [0.5, 0.6) is 0 Å². The number of hydrogen-bond acceptors (Lipinski definition) is 5. The highest BCUT2D eigenvalue weighted by atomic mass is 32.2. The van der Waals surface area contributed by atoms with E-state index in [1.807, 2.05) is 61.5 Å². The lowest BCUT2D eigenvalue weighted by molar-refractivity contribution is 0.104. The number of ketones is 1. The van der Waals surface area contributed by atoms with Gasteiger partial charge in [0.15, 0.2) is 4.91 Å². The third kappa shape index (κ3) is 3.34. The van der Waals surface area contributed by atoms with Crippen LogP contribution in [0.3, 0.4) is 0 Å². The molecule has 0 amide bonds. The number of anilines is 2. The Kier molecular flexibility index (Phi) is 4.78. The third-order valence-electron chi connectivity index (χ3n) is 4.47. The topological polar surface area (TPSA) is 66.5 Å². The van der Waals surface area contributed by atoms with E-state index in [0.29, 0.717) is 10.6 Å². The third-order valence-corrected chi connectivity index (χ3v) is 7.14. The predicted octanol–water partition coefficient (Wildman–Crippen LogP) is 4.54. The van der Waals surface area contributed by atoms with Crippen molar-refractivity contribution >= 4 is 38.5 Å². The maximum absolute atomic E-state index is 13.3. The molecule has 0 radical (unpaired) electrons. The first-order valence-corrected chi connectivity index (χ1v) is 11.0. The number of allylic oxidation sites excluding steroid dienone is 1. The van der Waals surface area contributed by atoms with Crippen LogP contribution in [0.25, 0.3) is 0 Å². The van der Waals surface area contributed by atoms with Crippen LogP contribution in [0.4, 0.5) is 11.4 Å². The van der Waals surface area contributed by atoms with Crippen molar-refractivity contribution in [1.82, 2.24) is 0 Å². The number of carbonyl (C=O) groups excluding carboxylic acids is 1. The van der Waals surface area contributed by atoms with Crippen molar-refractivity contribution in [3.63, 3.8) is 0 Å². The number of Topliss-reactive ketones (excluding diaryl/α,β-unsaturated/α-hetero) is 1. The van der Waals surface area contributed by atoms with Gasteiger partial charge in [-0.25, -0.2) is 8.42 Å². The minimum absolute atomic E-state index is 0.169. The van der Waals surface area contributed by atoms with Crippen LogP contribution in [-0.2, 0) is 16.6 Å². The van der Waals surface area contributed by atoms with E-state index in [2.05, 4.69) is 5.32 Å². The van der Waals surface area contributed by atoms with Gasteiger partial charge in [0, 0.05) is 11.9 Å². The Bertz CT molecular complexity index is 1170. The number of thiophene rings is 1. The van der Waals surface area contributed by atoms with Crippen molar-refractivity contribution < 1.29 is 13.2 Å². The summed E-state index contributed by atoms with van der Waals surface area (Å²) < 4.78 is 27.9. The summed E-state index contributed by atoms with van der Waals surface area (Å²) in [7, 11) is -3.99. The molecule has 1 aliphatic rings. The monoisotopic (exact) mass is 410 g/mol. The van der Waals surface area contributed by atoms with Crippen LogP contribution in [0, 0.1) is 6.92 Å². The first-order chi connectivity index (χ1) is 13.5. The van der Waals surface area contributed by atoms with Crippen LogP contribution in [0.2, 0.25) is 0 Å². The summed E-state index contributed by atoms with van der Waals surface area (Å²) in [5.74, 6) is -0.477. The summed E-state index contributed by atoms with van der Waals surface area (Å²) in [5, 5.41) is 4.71. The molecule has 4 rings (SSSR count). The van der Waals surface area contributed by atoms with E-state index in [0.717, 1.165) is 16.8 Å². The van der Waals surface area contributed by atoms with E-state index < -0.39 is 15.8 Å². The molecule has 2 heterocycles. The molecule has 0 saturated carbocycles. The Morgan fingerprint density at radius 2 is 1.86 bits per heavy atom. The first-order valence-electron chi connectivity index (χ1n) is 8.69. The van der Waals surface area contributed by atoms with E-state index in [1.54, 1.807) is 11.4 Å². The number of aryl methyl sites for hydroxylation is 1. The Balaban J connectivity index is 1.75.